The molecule has 0 aromatic carbocycles. The lowest BCUT2D eigenvalue weighted by Crippen LogP contribution is -2.46. The van der Waals surface area contributed by atoms with E-state index < -0.39 is 5.97 Å². The fourth-order valence-electron chi connectivity index (χ4n) is 2.10. The fourth-order valence-corrected chi connectivity index (χ4v) is 2.68. The van der Waals surface area contributed by atoms with Crippen molar-refractivity contribution in [2.45, 2.75) is 25.5 Å². The molecule has 1 aliphatic heterocycles. The van der Waals surface area contributed by atoms with Crippen molar-refractivity contribution in [3.05, 3.63) is 20.7 Å². The Morgan fingerprint density at radius 2 is 2.19 bits per heavy atom. The second-order valence-electron chi connectivity index (χ2n) is 4.72. The number of urea groups is 1. The van der Waals surface area contributed by atoms with E-state index in [0.717, 1.165) is 11.3 Å². The average molecular weight is 315 g/mol. The third-order valence-electron chi connectivity index (χ3n) is 3.17. The number of piperidine rings is 1. The standard InChI is InChI=1S/C12H17N3O5S/c16-10(17)6-20-9-1-3-15(4-2-9)11(18)13-5-8-7-21-12(19)14-8/h7,9H,1-6H2,(H,13,18)(H,14,19)(H,16,17). The molecule has 9 heteroatoms. The van der Waals surface area contributed by atoms with Crippen molar-refractivity contribution in [1.29, 1.82) is 0 Å². The Morgan fingerprint density at radius 1 is 1.48 bits per heavy atom. The summed E-state index contributed by atoms with van der Waals surface area (Å²) in [5.74, 6) is -0.986. The van der Waals surface area contributed by atoms with Gasteiger partial charge in [-0.05, 0) is 12.8 Å². The van der Waals surface area contributed by atoms with Crippen molar-refractivity contribution in [3.8, 4) is 0 Å². The molecule has 8 nitrogen and oxygen atoms in total. The topological polar surface area (TPSA) is 112 Å². The van der Waals surface area contributed by atoms with Gasteiger partial charge in [0.25, 0.3) is 0 Å². The number of H-pyrrole nitrogens is 1. The number of aliphatic carboxylic acids is 1. The molecular formula is C12H17N3O5S. The molecule has 116 valence electrons. The summed E-state index contributed by atoms with van der Waals surface area (Å²) in [4.78, 5) is 37.5. The van der Waals surface area contributed by atoms with Gasteiger partial charge in [0.1, 0.15) is 6.61 Å². The molecule has 0 bridgehead atoms. The number of ether oxygens (including phenoxy) is 1. The van der Waals surface area contributed by atoms with Crippen molar-refractivity contribution >= 4 is 23.3 Å². The van der Waals surface area contributed by atoms with Crippen LogP contribution in [0.3, 0.4) is 0 Å². The molecule has 3 N–H and O–H groups in total. The summed E-state index contributed by atoms with van der Waals surface area (Å²) in [7, 11) is 0. The minimum absolute atomic E-state index is 0.113. The number of thiazole rings is 1. The Kier molecular flexibility index (Phi) is 5.34. The van der Waals surface area contributed by atoms with E-state index >= 15 is 0 Å². The number of aromatic nitrogens is 1. The van der Waals surface area contributed by atoms with Gasteiger partial charge in [-0.1, -0.05) is 11.3 Å². The average Bonchev–Trinajstić information content (AvgIpc) is 2.89. The summed E-state index contributed by atoms with van der Waals surface area (Å²) in [6, 6.07) is -0.196. The second kappa shape index (κ2) is 7.23. The van der Waals surface area contributed by atoms with Crippen molar-refractivity contribution in [3.63, 3.8) is 0 Å². The number of carbonyl (C=O) groups excluding carboxylic acids is 1. The minimum atomic E-state index is -0.986. The van der Waals surface area contributed by atoms with Crippen LogP contribution in [0.15, 0.2) is 10.2 Å². The third kappa shape index (κ3) is 4.87. The van der Waals surface area contributed by atoms with Gasteiger partial charge in [0.2, 0.25) is 0 Å². The van der Waals surface area contributed by atoms with Crippen LogP contribution in [0.4, 0.5) is 4.79 Å². The summed E-state index contributed by atoms with van der Waals surface area (Å²) in [5.41, 5.74) is 0.679. The summed E-state index contributed by atoms with van der Waals surface area (Å²) in [5, 5.41) is 13.0. The van der Waals surface area contributed by atoms with Crippen molar-refractivity contribution in [1.82, 2.24) is 15.2 Å². The maximum Gasteiger partial charge on any atom is 0.329 e. The van der Waals surface area contributed by atoms with E-state index in [4.69, 9.17) is 9.84 Å². The van der Waals surface area contributed by atoms with E-state index in [1.807, 2.05) is 0 Å². The highest BCUT2D eigenvalue weighted by Gasteiger charge is 2.23. The van der Waals surface area contributed by atoms with Crippen LogP contribution in [0.1, 0.15) is 18.5 Å². The molecule has 0 saturated carbocycles. The van der Waals surface area contributed by atoms with Crippen molar-refractivity contribution < 1.29 is 19.4 Å². The zero-order valence-corrected chi connectivity index (χ0v) is 12.1. The van der Waals surface area contributed by atoms with Gasteiger partial charge >= 0.3 is 16.9 Å². The molecular weight excluding hydrogens is 298 g/mol. The molecule has 21 heavy (non-hydrogen) atoms. The van der Waals surface area contributed by atoms with Crippen LogP contribution in [-0.2, 0) is 16.1 Å². The highest BCUT2D eigenvalue weighted by atomic mass is 32.1. The fraction of sp³-hybridized carbons (Fsp3) is 0.583. The molecule has 0 radical (unpaired) electrons. The van der Waals surface area contributed by atoms with E-state index in [1.165, 1.54) is 0 Å². The molecule has 1 aliphatic rings. The van der Waals surface area contributed by atoms with Crippen LogP contribution in [0.2, 0.25) is 0 Å². The Bertz CT molecular complexity index is 547. The van der Waals surface area contributed by atoms with Crippen LogP contribution in [0.5, 0.6) is 0 Å². The molecule has 0 aliphatic carbocycles. The van der Waals surface area contributed by atoms with Gasteiger partial charge in [-0.15, -0.1) is 0 Å². The minimum Gasteiger partial charge on any atom is -0.480 e. The number of nitrogens with zero attached hydrogens (tertiary/aromatic N) is 1. The predicted molar refractivity (Wildman–Crippen MR) is 75.4 cm³/mol. The number of hydrogen-bond donors (Lipinski definition) is 3. The molecule has 1 aromatic rings. The molecule has 0 spiro atoms. The van der Waals surface area contributed by atoms with Crippen LogP contribution in [-0.4, -0.2) is 52.8 Å². The van der Waals surface area contributed by atoms with Gasteiger partial charge in [0, 0.05) is 24.2 Å². The van der Waals surface area contributed by atoms with Gasteiger partial charge in [0.05, 0.1) is 12.6 Å². The van der Waals surface area contributed by atoms with E-state index in [-0.39, 0.29) is 30.2 Å². The molecule has 2 amide bonds. The highest BCUT2D eigenvalue weighted by molar-refractivity contribution is 7.07. The quantitative estimate of drug-likeness (QED) is 0.719. The Morgan fingerprint density at radius 3 is 2.76 bits per heavy atom. The number of aromatic amines is 1. The van der Waals surface area contributed by atoms with Gasteiger partial charge in [0.15, 0.2) is 0 Å². The van der Waals surface area contributed by atoms with E-state index in [2.05, 4.69) is 10.3 Å². The van der Waals surface area contributed by atoms with Crippen molar-refractivity contribution in [2.75, 3.05) is 19.7 Å². The summed E-state index contributed by atoms with van der Waals surface area (Å²) < 4.78 is 5.21. The first kappa shape index (κ1) is 15.5. The number of amides is 2. The molecule has 0 unspecified atom stereocenters. The number of carbonyl (C=O) groups is 2. The Hall–Kier alpha value is -1.87. The zero-order valence-electron chi connectivity index (χ0n) is 11.3. The third-order valence-corrected chi connectivity index (χ3v) is 3.89. The largest absolute Gasteiger partial charge is 0.480 e. The number of carboxylic acid groups (broad SMARTS) is 1. The highest BCUT2D eigenvalue weighted by Crippen LogP contribution is 2.13. The van der Waals surface area contributed by atoms with Gasteiger partial charge in [-0.2, -0.15) is 0 Å². The zero-order chi connectivity index (χ0) is 15.2. The smallest absolute Gasteiger partial charge is 0.329 e. The van der Waals surface area contributed by atoms with Crippen LogP contribution in [0.25, 0.3) is 0 Å². The first-order valence-electron chi connectivity index (χ1n) is 6.57. The lowest BCUT2D eigenvalue weighted by Gasteiger charge is -2.31. The Balaban J connectivity index is 1.70. The normalized spacial score (nSPS) is 15.9. The molecule has 1 fully saturated rings. The molecule has 1 saturated heterocycles. The lowest BCUT2D eigenvalue weighted by molar-refractivity contribution is -0.145. The van der Waals surface area contributed by atoms with Gasteiger partial charge < -0.3 is 25.0 Å². The number of likely N-dealkylation sites (tertiary alicyclic amines) is 1. The molecule has 2 heterocycles. The molecule has 0 atom stereocenters. The first-order valence-corrected chi connectivity index (χ1v) is 7.45. The summed E-state index contributed by atoms with van der Waals surface area (Å²) in [6.45, 7) is 1.03. The monoisotopic (exact) mass is 315 g/mol. The lowest BCUT2D eigenvalue weighted by atomic mass is 10.1. The number of rotatable bonds is 5. The number of nitrogens with one attached hydrogen (secondary N) is 2. The number of carboxylic acids is 1. The van der Waals surface area contributed by atoms with Crippen molar-refractivity contribution in [2.24, 2.45) is 0 Å². The maximum atomic E-state index is 11.9. The van der Waals surface area contributed by atoms with Gasteiger partial charge in [-0.3, -0.25) is 4.79 Å². The first-order chi connectivity index (χ1) is 10.0. The predicted octanol–water partition coefficient (Wildman–Crippen LogP) is 0.212. The number of hydrogen-bond acceptors (Lipinski definition) is 5. The van der Waals surface area contributed by atoms with Crippen LogP contribution in [0, 0.1) is 0 Å². The van der Waals surface area contributed by atoms with Crippen LogP contribution < -0.4 is 10.2 Å². The maximum absolute atomic E-state index is 11.9. The SMILES string of the molecule is O=C(O)COC1CCN(C(=O)NCc2csc(=O)[nH]2)CC1. The summed E-state index contributed by atoms with van der Waals surface area (Å²) in [6.07, 6.45) is 1.13. The second-order valence-corrected chi connectivity index (χ2v) is 5.57. The molecule has 2 rings (SSSR count). The van der Waals surface area contributed by atoms with Gasteiger partial charge in [-0.25, -0.2) is 9.59 Å². The van der Waals surface area contributed by atoms with E-state index in [9.17, 15) is 14.4 Å². The Labute approximate surface area is 124 Å². The van der Waals surface area contributed by atoms with Crippen LogP contribution >= 0.6 is 11.3 Å². The molecule has 1 aromatic heterocycles. The van der Waals surface area contributed by atoms with E-state index in [1.54, 1.807) is 10.3 Å². The summed E-state index contributed by atoms with van der Waals surface area (Å²) >= 11 is 1.06. The van der Waals surface area contributed by atoms with E-state index in [0.29, 0.717) is 31.6 Å².